The third kappa shape index (κ3) is 1.49. The van der Waals surface area contributed by atoms with Gasteiger partial charge in [-0.25, -0.2) is 0 Å². The van der Waals surface area contributed by atoms with Gasteiger partial charge in [0.2, 0.25) is 0 Å². The zero-order valence-electron chi connectivity index (χ0n) is 10.1. The van der Waals surface area contributed by atoms with Crippen molar-refractivity contribution >= 4 is 5.97 Å². The molecule has 2 atom stereocenters. The molecule has 0 saturated heterocycles. The lowest BCUT2D eigenvalue weighted by molar-refractivity contribution is -0.310. The standard InChI is InChI=1S/C14H22O2/c1-2-13-4-10-3-11(5-13)7-14(6-10,9-13)8-12(15)16/h10-11H,2-9H2,1H3,(H,15,16)/p-1. The number of carboxylic acid groups (broad SMARTS) is 1. The summed E-state index contributed by atoms with van der Waals surface area (Å²) in [6.07, 6.45) is 9.17. The molecule has 0 aromatic carbocycles. The second kappa shape index (κ2) is 3.24. The van der Waals surface area contributed by atoms with Gasteiger partial charge in [0.15, 0.2) is 0 Å². The highest BCUT2D eigenvalue weighted by Gasteiger charge is 2.56. The molecule has 0 radical (unpaired) electrons. The van der Waals surface area contributed by atoms with Gasteiger partial charge in [-0.1, -0.05) is 13.3 Å². The normalized spacial score (nSPS) is 49.6. The molecule has 0 aromatic heterocycles. The van der Waals surface area contributed by atoms with Crippen molar-refractivity contribution < 1.29 is 9.90 Å². The molecule has 2 heteroatoms. The van der Waals surface area contributed by atoms with Crippen molar-refractivity contribution in [1.29, 1.82) is 0 Å². The quantitative estimate of drug-likeness (QED) is 0.732. The number of carbonyl (C=O) groups is 1. The minimum Gasteiger partial charge on any atom is -0.550 e. The lowest BCUT2D eigenvalue weighted by atomic mass is 9.43. The van der Waals surface area contributed by atoms with E-state index in [9.17, 15) is 9.90 Å². The molecule has 0 spiro atoms. The lowest BCUT2D eigenvalue weighted by Gasteiger charge is -2.62. The first kappa shape index (κ1) is 10.6. The minimum absolute atomic E-state index is 0.124. The number of aliphatic carboxylic acids is 1. The summed E-state index contributed by atoms with van der Waals surface area (Å²) < 4.78 is 0. The molecule has 2 unspecified atom stereocenters. The van der Waals surface area contributed by atoms with E-state index in [1.807, 2.05) is 0 Å². The van der Waals surface area contributed by atoms with Gasteiger partial charge in [0.05, 0.1) is 0 Å². The summed E-state index contributed by atoms with van der Waals surface area (Å²) in [7, 11) is 0. The van der Waals surface area contributed by atoms with E-state index in [-0.39, 0.29) is 5.41 Å². The average Bonchev–Trinajstić information content (AvgIpc) is 2.13. The molecule has 4 saturated carbocycles. The Hall–Kier alpha value is -0.530. The highest BCUT2D eigenvalue weighted by molar-refractivity contribution is 5.65. The predicted molar refractivity (Wildman–Crippen MR) is 59.5 cm³/mol. The van der Waals surface area contributed by atoms with E-state index in [4.69, 9.17) is 0 Å². The van der Waals surface area contributed by atoms with Gasteiger partial charge < -0.3 is 9.90 Å². The van der Waals surface area contributed by atoms with Crippen molar-refractivity contribution in [3.05, 3.63) is 0 Å². The largest absolute Gasteiger partial charge is 0.550 e. The van der Waals surface area contributed by atoms with E-state index in [2.05, 4.69) is 6.92 Å². The van der Waals surface area contributed by atoms with Gasteiger partial charge in [-0.15, -0.1) is 0 Å². The molecule has 0 aliphatic heterocycles. The number of carbonyl (C=O) groups excluding carboxylic acids is 1. The second-order valence-electron chi connectivity index (χ2n) is 6.86. The molecule has 2 nitrogen and oxygen atoms in total. The fraction of sp³-hybridized carbons (Fsp3) is 0.929. The Balaban J connectivity index is 1.89. The number of hydrogen-bond donors (Lipinski definition) is 0. The van der Waals surface area contributed by atoms with E-state index >= 15 is 0 Å². The SMILES string of the molecule is CCC12CC3CC(C1)CC(CC(=O)[O-])(C3)C2. The molecule has 90 valence electrons. The van der Waals surface area contributed by atoms with Crippen LogP contribution in [0.5, 0.6) is 0 Å². The summed E-state index contributed by atoms with van der Waals surface area (Å²) in [5, 5.41) is 11.0. The molecule has 4 aliphatic rings. The summed E-state index contributed by atoms with van der Waals surface area (Å²) in [5.41, 5.74) is 0.623. The first-order valence-corrected chi connectivity index (χ1v) is 6.75. The molecule has 16 heavy (non-hydrogen) atoms. The first-order valence-electron chi connectivity index (χ1n) is 6.75. The van der Waals surface area contributed by atoms with Crippen LogP contribution in [0.25, 0.3) is 0 Å². The molecule has 4 rings (SSSR count). The summed E-state index contributed by atoms with van der Waals surface area (Å²) in [6.45, 7) is 2.29. The van der Waals surface area contributed by atoms with E-state index in [0.29, 0.717) is 11.8 Å². The lowest BCUT2D eigenvalue weighted by Crippen LogP contribution is -2.53. The van der Waals surface area contributed by atoms with Crippen molar-refractivity contribution in [2.75, 3.05) is 0 Å². The Labute approximate surface area is 97.4 Å². The summed E-state index contributed by atoms with van der Waals surface area (Å²) >= 11 is 0. The van der Waals surface area contributed by atoms with Gasteiger partial charge in [-0.3, -0.25) is 0 Å². The Morgan fingerprint density at radius 2 is 1.75 bits per heavy atom. The fourth-order valence-corrected chi connectivity index (χ4v) is 5.58. The Kier molecular flexibility index (Phi) is 2.15. The van der Waals surface area contributed by atoms with Gasteiger partial charge in [0, 0.05) is 5.97 Å². The monoisotopic (exact) mass is 221 g/mol. The molecule has 4 aliphatic carbocycles. The number of carboxylic acids is 1. The topological polar surface area (TPSA) is 40.1 Å². The average molecular weight is 221 g/mol. The van der Waals surface area contributed by atoms with Gasteiger partial charge in [-0.2, -0.15) is 0 Å². The third-order valence-corrected chi connectivity index (χ3v) is 5.57. The van der Waals surface area contributed by atoms with Crippen molar-refractivity contribution in [2.45, 2.75) is 58.3 Å². The Bertz CT molecular complexity index is 307. The summed E-state index contributed by atoms with van der Waals surface area (Å²) in [4.78, 5) is 11.0. The van der Waals surface area contributed by atoms with Crippen LogP contribution in [0.15, 0.2) is 0 Å². The maximum Gasteiger partial charge on any atom is 0.0419 e. The number of rotatable bonds is 3. The molecular formula is C14H21O2-. The van der Waals surface area contributed by atoms with E-state index < -0.39 is 5.97 Å². The Morgan fingerprint density at radius 1 is 1.19 bits per heavy atom. The van der Waals surface area contributed by atoms with Gasteiger partial charge in [-0.05, 0) is 67.6 Å². The molecule has 4 fully saturated rings. The predicted octanol–water partition coefficient (Wildman–Crippen LogP) is 2.12. The van der Waals surface area contributed by atoms with E-state index in [0.717, 1.165) is 18.3 Å². The zero-order valence-corrected chi connectivity index (χ0v) is 10.1. The van der Waals surface area contributed by atoms with E-state index in [1.54, 1.807) is 0 Å². The molecule has 0 heterocycles. The smallest absolute Gasteiger partial charge is 0.0419 e. The van der Waals surface area contributed by atoms with Gasteiger partial charge in [0.25, 0.3) is 0 Å². The first-order chi connectivity index (χ1) is 7.55. The van der Waals surface area contributed by atoms with Crippen molar-refractivity contribution in [1.82, 2.24) is 0 Å². The van der Waals surface area contributed by atoms with Crippen LogP contribution in [0.1, 0.15) is 58.3 Å². The maximum atomic E-state index is 11.0. The van der Waals surface area contributed by atoms with Crippen LogP contribution in [0, 0.1) is 22.7 Å². The van der Waals surface area contributed by atoms with Crippen LogP contribution in [-0.4, -0.2) is 5.97 Å². The van der Waals surface area contributed by atoms with Crippen LogP contribution in [0.4, 0.5) is 0 Å². The molecule has 0 amide bonds. The zero-order chi connectivity index (χ0) is 11.4. The third-order valence-electron chi connectivity index (χ3n) is 5.57. The highest BCUT2D eigenvalue weighted by Crippen LogP contribution is 2.67. The molecule has 4 bridgehead atoms. The summed E-state index contributed by atoms with van der Waals surface area (Å²) in [6, 6.07) is 0. The van der Waals surface area contributed by atoms with Gasteiger partial charge >= 0.3 is 0 Å². The number of hydrogen-bond acceptors (Lipinski definition) is 2. The van der Waals surface area contributed by atoms with Crippen molar-refractivity contribution in [2.24, 2.45) is 22.7 Å². The van der Waals surface area contributed by atoms with Crippen LogP contribution >= 0.6 is 0 Å². The maximum absolute atomic E-state index is 11.0. The van der Waals surface area contributed by atoms with E-state index in [1.165, 1.54) is 38.5 Å². The van der Waals surface area contributed by atoms with Crippen LogP contribution in [0.3, 0.4) is 0 Å². The fourth-order valence-electron chi connectivity index (χ4n) is 5.58. The molecular weight excluding hydrogens is 200 g/mol. The molecule has 0 N–H and O–H groups in total. The molecule has 0 aromatic rings. The van der Waals surface area contributed by atoms with Crippen LogP contribution in [0.2, 0.25) is 0 Å². The summed E-state index contributed by atoms with van der Waals surface area (Å²) in [5.74, 6) is 0.814. The van der Waals surface area contributed by atoms with Crippen LogP contribution in [-0.2, 0) is 4.79 Å². The Morgan fingerprint density at radius 3 is 2.25 bits per heavy atom. The van der Waals surface area contributed by atoms with Gasteiger partial charge in [0.1, 0.15) is 0 Å². The van der Waals surface area contributed by atoms with Crippen molar-refractivity contribution in [3.63, 3.8) is 0 Å². The van der Waals surface area contributed by atoms with Crippen molar-refractivity contribution in [3.8, 4) is 0 Å². The minimum atomic E-state index is -0.826. The van der Waals surface area contributed by atoms with Crippen LogP contribution < -0.4 is 5.11 Å². The second-order valence-corrected chi connectivity index (χ2v) is 6.86. The highest BCUT2D eigenvalue weighted by atomic mass is 16.4.